The number of methoxy groups -OCH3 is 1. The fraction of sp³-hybridized carbons (Fsp3) is 0.333. The Kier molecular flexibility index (Phi) is 6.66. The van der Waals surface area contributed by atoms with Crippen LogP contribution < -0.4 is 4.72 Å². The number of Topliss-reactive ketones (excluding diaryl/α,β-unsaturated/α-hetero) is 1. The predicted octanol–water partition coefficient (Wildman–Crippen LogP) is 4.48. The molecule has 9 heteroatoms. The third-order valence-electron chi connectivity index (χ3n) is 4.16. The van der Waals surface area contributed by atoms with Crippen LogP contribution in [0.15, 0.2) is 35.2 Å². The van der Waals surface area contributed by atoms with Crippen molar-refractivity contribution in [2.24, 2.45) is 5.41 Å². The summed E-state index contributed by atoms with van der Waals surface area (Å²) in [7, 11) is -3.24. The highest BCUT2D eigenvalue weighted by atomic mass is 32.2. The third kappa shape index (κ3) is 5.41. The Bertz CT molecular complexity index is 1080. The molecule has 0 saturated carbocycles. The molecular weight excluding hydrogens is 416 g/mol. The lowest BCUT2D eigenvalue weighted by Crippen LogP contribution is -2.17. The van der Waals surface area contributed by atoms with Gasteiger partial charge in [0.05, 0.1) is 17.7 Å². The minimum Gasteiger partial charge on any atom is -0.465 e. The fourth-order valence-electron chi connectivity index (χ4n) is 2.85. The van der Waals surface area contributed by atoms with Crippen molar-refractivity contribution in [3.05, 3.63) is 58.7 Å². The molecule has 0 spiro atoms. The Morgan fingerprint density at radius 1 is 1.07 bits per heavy atom. The summed E-state index contributed by atoms with van der Waals surface area (Å²) in [6, 6.07) is 5.50. The number of rotatable bonds is 6. The van der Waals surface area contributed by atoms with Gasteiger partial charge in [-0.2, -0.15) is 0 Å². The van der Waals surface area contributed by atoms with E-state index < -0.39 is 38.9 Å². The highest BCUT2D eigenvalue weighted by Crippen LogP contribution is 2.26. The van der Waals surface area contributed by atoms with Gasteiger partial charge >= 0.3 is 5.97 Å². The summed E-state index contributed by atoms with van der Waals surface area (Å²) in [6.45, 7) is 7.28. The molecule has 2 aromatic carbocycles. The largest absolute Gasteiger partial charge is 0.465 e. The van der Waals surface area contributed by atoms with Crippen molar-refractivity contribution in [2.75, 3.05) is 11.8 Å². The van der Waals surface area contributed by atoms with Crippen LogP contribution in [0.4, 0.5) is 14.5 Å². The van der Waals surface area contributed by atoms with E-state index >= 15 is 0 Å². The zero-order chi connectivity index (χ0) is 22.9. The van der Waals surface area contributed by atoms with Crippen molar-refractivity contribution in [3.8, 4) is 0 Å². The number of esters is 1. The average Bonchev–Trinajstić information content (AvgIpc) is 2.58. The number of nitrogens with one attached hydrogen (secondary N) is 1. The first-order valence-corrected chi connectivity index (χ1v) is 10.5. The molecule has 0 bridgehead atoms. The van der Waals surface area contributed by atoms with Gasteiger partial charge in [0, 0.05) is 12.0 Å². The molecule has 0 heterocycles. The van der Waals surface area contributed by atoms with Crippen LogP contribution in [-0.2, 0) is 14.8 Å². The number of ketones is 1. The summed E-state index contributed by atoms with van der Waals surface area (Å²) in [5.74, 6) is -3.87. The molecule has 30 heavy (non-hydrogen) atoms. The molecule has 2 aromatic rings. The number of carbonyl (C=O) groups is 2. The number of halogens is 2. The zero-order valence-corrected chi connectivity index (χ0v) is 18.1. The van der Waals surface area contributed by atoms with E-state index in [1.54, 1.807) is 0 Å². The van der Waals surface area contributed by atoms with Gasteiger partial charge < -0.3 is 4.74 Å². The molecular formula is C21H23F2NO5S. The van der Waals surface area contributed by atoms with Gasteiger partial charge in [-0.3, -0.25) is 9.52 Å². The van der Waals surface area contributed by atoms with Crippen LogP contribution in [0.2, 0.25) is 0 Å². The SMILES string of the molecule is COC(=O)c1c(F)cc(NS(=O)(=O)c2ccc(C(=O)CC(C)(C)C)cc2C)cc1F. The monoisotopic (exact) mass is 439 g/mol. The van der Waals surface area contributed by atoms with Crippen LogP contribution in [0, 0.1) is 24.0 Å². The molecule has 6 nitrogen and oxygen atoms in total. The molecule has 1 N–H and O–H groups in total. The summed E-state index contributed by atoms with van der Waals surface area (Å²) in [6.07, 6.45) is 0.294. The topological polar surface area (TPSA) is 89.5 Å². The van der Waals surface area contributed by atoms with E-state index in [1.165, 1.54) is 25.1 Å². The van der Waals surface area contributed by atoms with Gasteiger partial charge in [-0.05, 0) is 42.2 Å². The minimum atomic E-state index is -4.20. The van der Waals surface area contributed by atoms with Crippen molar-refractivity contribution < 1.29 is 31.5 Å². The molecule has 0 aliphatic carbocycles. The number of aryl methyl sites for hydroxylation is 1. The summed E-state index contributed by atoms with van der Waals surface area (Å²) >= 11 is 0. The Labute approximate surface area is 174 Å². The van der Waals surface area contributed by atoms with E-state index in [4.69, 9.17) is 0 Å². The fourth-order valence-corrected chi connectivity index (χ4v) is 4.12. The Hall–Kier alpha value is -2.81. The van der Waals surface area contributed by atoms with E-state index in [9.17, 15) is 26.8 Å². The second kappa shape index (κ2) is 8.51. The van der Waals surface area contributed by atoms with Crippen molar-refractivity contribution >= 4 is 27.5 Å². The maximum absolute atomic E-state index is 14.1. The number of hydrogen-bond acceptors (Lipinski definition) is 5. The number of sulfonamides is 1. The Morgan fingerprint density at radius 3 is 2.10 bits per heavy atom. The highest BCUT2D eigenvalue weighted by Gasteiger charge is 2.24. The summed E-state index contributed by atoms with van der Waals surface area (Å²) in [5.41, 5.74) is -0.861. The van der Waals surface area contributed by atoms with E-state index in [-0.39, 0.29) is 16.1 Å². The number of benzene rings is 2. The van der Waals surface area contributed by atoms with Gasteiger partial charge in [0.25, 0.3) is 10.0 Å². The molecule has 0 aromatic heterocycles. The van der Waals surface area contributed by atoms with Crippen LogP contribution in [-0.4, -0.2) is 27.3 Å². The Balaban J connectivity index is 2.34. The lowest BCUT2D eigenvalue weighted by atomic mass is 9.87. The van der Waals surface area contributed by atoms with Crippen LogP contribution in [0.1, 0.15) is 53.5 Å². The molecule has 0 radical (unpaired) electrons. The first kappa shape index (κ1) is 23.5. The zero-order valence-electron chi connectivity index (χ0n) is 17.3. The van der Waals surface area contributed by atoms with Gasteiger partial charge in [0.2, 0.25) is 0 Å². The molecule has 0 aliphatic rings. The van der Waals surface area contributed by atoms with Crippen LogP contribution in [0.5, 0.6) is 0 Å². The summed E-state index contributed by atoms with van der Waals surface area (Å²) < 4.78 is 59.9. The molecule has 0 amide bonds. The molecule has 0 aliphatic heterocycles. The lowest BCUT2D eigenvalue weighted by molar-refractivity contribution is 0.0589. The quantitative estimate of drug-likeness (QED) is 0.530. The van der Waals surface area contributed by atoms with Gasteiger partial charge in [0.15, 0.2) is 5.78 Å². The van der Waals surface area contributed by atoms with Crippen LogP contribution in [0.3, 0.4) is 0 Å². The molecule has 0 fully saturated rings. The first-order chi connectivity index (χ1) is 13.7. The van der Waals surface area contributed by atoms with Gasteiger partial charge in [-0.15, -0.1) is 0 Å². The van der Waals surface area contributed by atoms with Crippen molar-refractivity contribution in [1.29, 1.82) is 0 Å². The van der Waals surface area contributed by atoms with Crippen molar-refractivity contribution in [2.45, 2.75) is 39.0 Å². The lowest BCUT2D eigenvalue weighted by Gasteiger charge is -2.17. The third-order valence-corrected chi connectivity index (χ3v) is 5.70. The smallest absolute Gasteiger partial charge is 0.343 e. The van der Waals surface area contributed by atoms with E-state index in [0.29, 0.717) is 29.7 Å². The molecule has 162 valence electrons. The van der Waals surface area contributed by atoms with E-state index in [0.717, 1.165) is 7.11 Å². The maximum Gasteiger partial charge on any atom is 0.343 e. The van der Waals surface area contributed by atoms with Crippen LogP contribution in [0.25, 0.3) is 0 Å². The summed E-state index contributed by atoms with van der Waals surface area (Å²) in [5, 5.41) is 0. The van der Waals surface area contributed by atoms with Gasteiger partial charge in [-0.1, -0.05) is 26.8 Å². The second-order valence-corrected chi connectivity index (χ2v) is 9.70. The minimum absolute atomic E-state index is 0.120. The number of carbonyl (C=O) groups excluding carboxylic acids is 2. The van der Waals surface area contributed by atoms with E-state index in [1.807, 2.05) is 20.8 Å². The molecule has 0 atom stereocenters. The Morgan fingerprint density at radius 2 is 1.63 bits per heavy atom. The highest BCUT2D eigenvalue weighted by molar-refractivity contribution is 7.92. The first-order valence-electron chi connectivity index (χ1n) is 8.99. The molecule has 0 saturated heterocycles. The standard InChI is InChI=1S/C21H23F2NO5S/c1-12-8-13(17(25)11-21(2,3)4)6-7-18(12)30(27,28)24-14-9-15(22)19(16(23)10-14)20(26)29-5/h6-10,24H,11H2,1-5H3. The molecule has 0 unspecified atom stereocenters. The van der Waals surface area contributed by atoms with Gasteiger partial charge in [-0.25, -0.2) is 22.0 Å². The van der Waals surface area contributed by atoms with Crippen molar-refractivity contribution in [3.63, 3.8) is 0 Å². The number of hydrogen-bond donors (Lipinski definition) is 1. The second-order valence-electron chi connectivity index (χ2n) is 8.05. The van der Waals surface area contributed by atoms with E-state index in [2.05, 4.69) is 9.46 Å². The van der Waals surface area contributed by atoms with Crippen molar-refractivity contribution in [1.82, 2.24) is 0 Å². The maximum atomic E-state index is 14.1. The number of anilines is 1. The molecule has 2 rings (SSSR count). The summed E-state index contributed by atoms with van der Waals surface area (Å²) in [4.78, 5) is 23.6. The average molecular weight is 439 g/mol. The van der Waals surface area contributed by atoms with Gasteiger partial charge in [0.1, 0.15) is 17.2 Å². The predicted molar refractivity (Wildman–Crippen MR) is 108 cm³/mol. The normalized spacial score (nSPS) is 11.8. The van der Waals surface area contributed by atoms with Crippen LogP contribution >= 0.6 is 0 Å². The number of ether oxygens (including phenoxy) is 1.